The van der Waals surface area contributed by atoms with E-state index in [-0.39, 0.29) is 24.8 Å². The van der Waals surface area contributed by atoms with E-state index in [1.54, 1.807) is 42.6 Å². The van der Waals surface area contributed by atoms with Gasteiger partial charge in [-0.3, -0.25) is 14.5 Å². The first-order chi connectivity index (χ1) is 14.1. The van der Waals surface area contributed by atoms with Crippen molar-refractivity contribution in [2.45, 2.75) is 6.42 Å². The quantitative estimate of drug-likeness (QED) is 0.707. The Kier molecular flexibility index (Phi) is 5.35. The Hall–Kier alpha value is -3.51. The number of nitrogens with one attached hydrogen (secondary N) is 1. The standard InChI is InChI=1S/C22H17ClN4O2/c23-16-9-4-5-10-17(16)26-20(28)14-27-21(29)13-19(15-7-2-1-3-8-15)25-18-11-6-12-24-22(18)27/h1-12H,13-14H2,(H,26,28). The second-order valence-electron chi connectivity index (χ2n) is 6.46. The van der Waals surface area contributed by atoms with E-state index in [1.165, 1.54) is 4.90 Å². The van der Waals surface area contributed by atoms with E-state index in [0.717, 1.165) is 5.56 Å². The predicted molar refractivity (Wildman–Crippen MR) is 114 cm³/mol. The second-order valence-corrected chi connectivity index (χ2v) is 6.86. The highest BCUT2D eigenvalue weighted by atomic mass is 35.5. The largest absolute Gasteiger partial charge is 0.323 e. The normalized spacial score (nSPS) is 13.3. The number of hydrogen-bond acceptors (Lipinski definition) is 4. The molecule has 2 amide bonds. The molecule has 0 atom stereocenters. The zero-order valence-corrected chi connectivity index (χ0v) is 16.1. The van der Waals surface area contributed by atoms with Gasteiger partial charge in [0, 0.05) is 6.20 Å². The smallest absolute Gasteiger partial charge is 0.244 e. The molecule has 3 aromatic rings. The minimum atomic E-state index is -0.369. The molecule has 0 radical (unpaired) electrons. The SMILES string of the molecule is O=C(CN1C(=O)CC(c2ccccc2)=Nc2cccnc21)Nc1ccccc1Cl. The van der Waals surface area contributed by atoms with Gasteiger partial charge in [0.25, 0.3) is 0 Å². The zero-order valence-electron chi connectivity index (χ0n) is 15.4. The molecule has 0 spiro atoms. The summed E-state index contributed by atoms with van der Waals surface area (Å²) in [7, 11) is 0. The number of benzene rings is 2. The molecule has 2 heterocycles. The number of anilines is 2. The first-order valence-electron chi connectivity index (χ1n) is 9.04. The number of pyridine rings is 1. The van der Waals surface area contributed by atoms with Gasteiger partial charge in [0.05, 0.1) is 22.8 Å². The molecular weight excluding hydrogens is 388 g/mol. The van der Waals surface area contributed by atoms with E-state index >= 15 is 0 Å². The minimum Gasteiger partial charge on any atom is -0.323 e. The number of carbonyl (C=O) groups is 2. The molecule has 0 bridgehead atoms. The number of aliphatic imine (C=N–C) groups is 1. The van der Waals surface area contributed by atoms with E-state index in [2.05, 4.69) is 15.3 Å². The molecule has 1 N–H and O–H groups in total. The molecule has 0 saturated carbocycles. The van der Waals surface area contributed by atoms with Crippen LogP contribution in [0, 0.1) is 0 Å². The Morgan fingerprint density at radius 1 is 1.03 bits per heavy atom. The maximum Gasteiger partial charge on any atom is 0.244 e. The average molecular weight is 405 g/mol. The van der Waals surface area contributed by atoms with Crippen LogP contribution in [0.3, 0.4) is 0 Å². The predicted octanol–water partition coefficient (Wildman–Crippen LogP) is 4.23. The third-order valence-corrected chi connectivity index (χ3v) is 4.78. The van der Waals surface area contributed by atoms with Crippen molar-refractivity contribution >= 4 is 46.3 Å². The van der Waals surface area contributed by atoms with Crippen LogP contribution >= 0.6 is 11.6 Å². The topological polar surface area (TPSA) is 74.7 Å². The Balaban J connectivity index is 1.62. The molecule has 0 aliphatic carbocycles. The molecule has 0 unspecified atom stereocenters. The van der Waals surface area contributed by atoms with Gasteiger partial charge in [0.15, 0.2) is 5.82 Å². The van der Waals surface area contributed by atoms with Crippen LogP contribution in [-0.2, 0) is 9.59 Å². The van der Waals surface area contributed by atoms with Gasteiger partial charge in [-0.2, -0.15) is 0 Å². The number of hydrogen-bond donors (Lipinski definition) is 1. The van der Waals surface area contributed by atoms with Crippen molar-refractivity contribution in [1.29, 1.82) is 0 Å². The van der Waals surface area contributed by atoms with Crippen LogP contribution < -0.4 is 10.2 Å². The summed E-state index contributed by atoms with van der Waals surface area (Å²) in [5.74, 6) is -0.261. The Labute approximate surface area is 172 Å². The van der Waals surface area contributed by atoms with Crippen LogP contribution in [0.1, 0.15) is 12.0 Å². The summed E-state index contributed by atoms with van der Waals surface area (Å²) in [6.07, 6.45) is 1.65. The molecule has 1 aliphatic rings. The van der Waals surface area contributed by atoms with Crippen molar-refractivity contribution in [2.24, 2.45) is 4.99 Å². The van der Waals surface area contributed by atoms with Crippen LogP contribution in [0.5, 0.6) is 0 Å². The van der Waals surface area contributed by atoms with Crippen LogP contribution in [-0.4, -0.2) is 29.1 Å². The number of halogens is 1. The molecule has 0 saturated heterocycles. The highest BCUT2D eigenvalue weighted by molar-refractivity contribution is 6.33. The number of amides is 2. The number of para-hydroxylation sites is 1. The number of nitrogens with zero attached hydrogens (tertiary/aromatic N) is 3. The maximum atomic E-state index is 13.0. The second kappa shape index (κ2) is 8.24. The van der Waals surface area contributed by atoms with E-state index in [4.69, 9.17) is 11.6 Å². The molecular formula is C22H17ClN4O2. The van der Waals surface area contributed by atoms with E-state index in [1.807, 2.05) is 30.3 Å². The fraction of sp³-hybridized carbons (Fsp3) is 0.0909. The van der Waals surface area contributed by atoms with Gasteiger partial charge in [-0.25, -0.2) is 9.98 Å². The van der Waals surface area contributed by atoms with Crippen LogP contribution in [0.4, 0.5) is 17.2 Å². The molecule has 6 nitrogen and oxygen atoms in total. The average Bonchev–Trinajstić information content (AvgIpc) is 2.87. The van der Waals surface area contributed by atoms with Crippen molar-refractivity contribution in [3.8, 4) is 0 Å². The van der Waals surface area contributed by atoms with Gasteiger partial charge in [-0.1, -0.05) is 54.1 Å². The van der Waals surface area contributed by atoms with Gasteiger partial charge in [-0.05, 0) is 29.8 Å². The van der Waals surface area contributed by atoms with Crippen molar-refractivity contribution < 1.29 is 9.59 Å². The van der Waals surface area contributed by atoms with Crippen molar-refractivity contribution in [1.82, 2.24) is 4.98 Å². The summed E-state index contributed by atoms with van der Waals surface area (Å²) in [5, 5.41) is 3.17. The van der Waals surface area contributed by atoms with Gasteiger partial charge < -0.3 is 5.32 Å². The molecule has 4 rings (SSSR count). The first kappa shape index (κ1) is 18.8. The minimum absolute atomic E-state index is 0.0692. The lowest BCUT2D eigenvalue weighted by molar-refractivity contribution is -0.120. The van der Waals surface area contributed by atoms with Crippen molar-refractivity contribution in [3.63, 3.8) is 0 Å². The van der Waals surface area contributed by atoms with E-state index in [9.17, 15) is 9.59 Å². The summed E-state index contributed by atoms with van der Waals surface area (Å²) in [4.78, 5) is 36.0. The van der Waals surface area contributed by atoms with E-state index < -0.39 is 0 Å². The number of aromatic nitrogens is 1. The number of fused-ring (bicyclic) bond motifs is 1. The Morgan fingerprint density at radius 2 is 1.79 bits per heavy atom. The summed E-state index contributed by atoms with van der Waals surface area (Å²) < 4.78 is 0. The molecule has 7 heteroatoms. The molecule has 29 heavy (non-hydrogen) atoms. The third-order valence-electron chi connectivity index (χ3n) is 4.45. The fourth-order valence-corrected chi connectivity index (χ4v) is 3.26. The Bertz CT molecular complexity index is 1100. The number of rotatable bonds is 4. The van der Waals surface area contributed by atoms with Crippen molar-refractivity contribution in [3.05, 3.63) is 83.5 Å². The lowest BCUT2D eigenvalue weighted by Crippen LogP contribution is -2.39. The lowest BCUT2D eigenvalue weighted by Gasteiger charge is -2.20. The molecule has 1 aliphatic heterocycles. The molecule has 1 aromatic heterocycles. The van der Waals surface area contributed by atoms with Gasteiger partial charge in [0.2, 0.25) is 11.8 Å². The monoisotopic (exact) mass is 404 g/mol. The third kappa shape index (κ3) is 4.17. The lowest BCUT2D eigenvalue weighted by atomic mass is 10.1. The first-order valence-corrected chi connectivity index (χ1v) is 9.42. The van der Waals surface area contributed by atoms with Crippen LogP contribution in [0.25, 0.3) is 0 Å². The van der Waals surface area contributed by atoms with Crippen LogP contribution in [0.2, 0.25) is 5.02 Å². The van der Waals surface area contributed by atoms with E-state index in [0.29, 0.717) is 27.9 Å². The molecule has 0 fully saturated rings. The molecule has 144 valence electrons. The highest BCUT2D eigenvalue weighted by Crippen LogP contribution is 2.31. The summed E-state index contributed by atoms with van der Waals surface area (Å²) in [5.41, 5.74) is 2.53. The van der Waals surface area contributed by atoms with Gasteiger partial charge >= 0.3 is 0 Å². The van der Waals surface area contributed by atoms with Gasteiger partial charge in [0.1, 0.15) is 12.2 Å². The Morgan fingerprint density at radius 3 is 2.59 bits per heavy atom. The van der Waals surface area contributed by atoms with Crippen LogP contribution in [0.15, 0.2) is 77.9 Å². The zero-order chi connectivity index (χ0) is 20.2. The van der Waals surface area contributed by atoms with Crippen molar-refractivity contribution in [2.75, 3.05) is 16.8 Å². The maximum absolute atomic E-state index is 13.0. The highest BCUT2D eigenvalue weighted by Gasteiger charge is 2.27. The van der Waals surface area contributed by atoms with Gasteiger partial charge in [-0.15, -0.1) is 0 Å². The number of carbonyl (C=O) groups excluding carboxylic acids is 2. The summed E-state index contributed by atoms with van der Waals surface area (Å²) >= 11 is 6.11. The summed E-state index contributed by atoms with van der Waals surface area (Å²) in [6.45, 7) is -0.189. The summed E-state index contributed by atoms with van der Waals surface area (Å²) in [6, 6.07) is 20.0. The fourth-order valence-electron chi connectivity index (χ4n) is 3.08. The molecule has 2 aromatic carbocycles.